The van der Waals surface area contributed by atoms with E-state index in [9.17, 15) is 18.3 Å². The molecule has 1 aromatic heterocycles. The number of aromatic nitrogens is 1. The zero-order chi connectivity index (χ0) is 34.5. The minimum atomic E-state index is -3.92. The molecular weight excluding hydrogens is 679 g/mol. The topological polar surface area (TPSA) is 97.6 Å². The average Bonchev–Trinajstić information content (AvgIpc) is 3.37. The number of nitrogens with zero attached hydrogens (tertiary/aromatic N) is 1. The largest absolute Gasteiger partial charge is 0.493 e. The monoisotopic (exact) mass is 712 g/mol. The number of aryl methyl sites for hydroxylation is 1. The molecule has 250 valence electrons. The predicted octanol–water partition coefficient (Wildman–Crippen LogP) is 8.73. The normalized spacial score (nSPS) is 11.7. The lowest BCUT2D eigenvalue weighted by atomic mass is 9.97. The lowest BCUT2D eigenvalue weighted by Gasteiger charge is -2.25. The first-order chi connectivity index (χ1) is 23.6. The van der Waals surface area contributed by atoms with Gasteiger partial charge in [-0.3, -0.25) is 0 Å². The van der Waals surface area contributed by atoms with Crippen LogP contribution in [0.15, 0.2) is 126 Å². The first kappa shape index (κ1) is 34.3. The van der Waals surface area contributed by atoms with Crippen molar-refractivity contribution in [1.29, 1.82) is 0 Å². The molecule has 10 heteroatoms. The number of aromatic carboxylic acids is 1. The fraction of sp³-hybridized carbons (Fsp3) is 0.154. The smallest absolute Gasteiger partial charge is 0.335 e. The van der Waals surface area contributed by atoms with Crippen LogP contribution in [0.4, 0.5) is 0 Å². The Morgan fingerprint density at radius 2 is 1.49 bits per heavy atom. The van der Waals surface area contributed by atoms with Gasteiger partial charge in [0, 0.05) is 41.0 Å². The molecule has 0 amide bonds. The van der Waals surface area contributed by atoms with Crippen molar-refractivity contribution < 1.29 is 23.1 Å². The Morgan fingerprint density at radius 1 is 0.837 bits per heavy atom. The summed E-state index contributed by atoms with van der Waals surface area (Å²) in [6, 6.07) is 37.3. The second-order valence-electron chi connectivity index (χ2n) is 11.6. The molecule has 0 spiro atoms. The third-order valence-electron chi connectivity index (χ3n) is 8.48. The fourth-order valence-corrected chi connectivity index (χ4v) is 8.34. The molecule has 0 aliphatic carbocycles. The van der Waals surface area contributed by atoms with Crippen molar-refractivity contribution in [3.8, 4) is 5.75 Å². The number of carbonyl (C=O) groups is 1. The standard InChI is InChI=1S/C39H34Cl2N2O5S/c1-26-9-8-14-34(41)38(26)49(46,47)42-23-21-36-32(22-24-48-31-18-15-29(16-19-31)39(44)45)33-25-30(40)17-20-35(33)43(36)37(27-10-4-2-5-11-27)28-12-6-3-7-13-28/h2-20,25,37,42H,21-24H2,1H3,(H,44,45). The van der Waals surface area contributed by atoms with E-state index in [2.05, 4.69) is 33.6 Å². The quantitative estimate of drug-likeness (QED) is 0.125. The second-order valence-corrected chi connectivity index (χ2v) is 14.2. The van der Waals surface area contributed by atoms with Crippen LogP contribution in [0.2, 0.25) is 10.0 Å². The van der Waals surface area contributed by atoms with E-state index < -0.39 is 16.0 Å². The summed E-state index contributed by atoms with van der Waals surface area (Å²) in [6.45, 7) is 2.12. The lowest BCUT2D eigenvalue weighted by Crippen LogP contribution is -2.28. The van der Waals surface area contributed by atoms with E-state index in [1.54, 1.807) is 37.3 Å². The number of nitrogens with one attached hydrogen (secondary N) is 1. The Morgan fingerprint density at radius 3 is 2.10 bits per heavy atom. The summed E-state index contributed by atoms with van der Waals surface area (Å²) >= 11 is 13.0. The van der Waals surface area contributed by atoms with Gasteiger partial charge in [-0.25, -0.2) is 17.9 Å². The molecular formula is C39H34Cl2N2O5S. The number of benzene rings is 5. The number of carboxylic acid groups (broad SMARTS) is 1. The van der Waals surface area contributed by atoms with Crippen molar-refractivity contribution in [1.82, 2.24) is 9.29 Å². The van der Waals surface area contributed by atoms with Gasteiger partial charge in [0.2, 0.25) is 10.0 Å². The first-order valence-electron chi connectivity index (χ1n) is 15.8. The van der Waals surface area contributed by atoms with Crippen LogP contribution in [-0.4, -0.2) is 37.2 Å². The van der Waals surface area contributed by atoms with E-state index in [1.165, 1.54) is 12.1 Å². The van der Waals surface area contributed by atoms with Crippen molar-refractivity contribution in [2.75, 3.05) is 13.2 Å². The molecule has 0 saturated carbocycles. The average molecular weight is 714 g/mol. The maximum Gasteiger partial charge on any atom is 0.335 e. The van der Waals surface area contributed by atoms with Gasteiger partial charge in [-0.1, -0.05) is 96.0 Å². The van der Waals surface area contributed by atoms with Gasteiger partial charge in [0.25, 0.3) is 0 Å². The highest BCUT2D eigenvalue weighted by molar-refractivity contribution is 7.89. The molecule has 0 radical (unpaired) electrons. The highest BCUT2D eigenvalue weighted by atomic mass is 35.5. The van der Waals surface area contributed by atoms with Gasteiger partial charge >= 0.3 is 5.97 Å². The minimum absolute atomic E-state index is 0.0676. The molecule has 0 unspecified atom stereocenters. The van der Waals surface area contributed by atoms with Crippen LogP contribution in [-0.2, 0) is 22.9 Å². The molecule has 7 nitrogen and oxygen atoms in total. The molecule has 0 fully saturated rings. The third-order valence-corrected chi connectivity index (χ3v) is 10.8. The van der Waals surface area contributed by atoms with Gasteiger partial charge in [0.05, 0.1) is 23.2 Å². The maximum absolute atomic E-state index is 13.5. The minimum Gasteiger partial charge on any atom is -0.493 e. The van der Waals surface area contributed by atoms with Crippen LogP contribution in [0.5, 0.6) is 5.75 Å². The van der Waals surface area contributed by atoms with Crippen LogP contribution in [0.3, 0.4) is 0 Å². The van der Waals surface area contributed by atoms with E-state index in [-0.39, 0.29) is 34.7 Å². The van der Waals surface area contributed by atoms with E-state index >= 15 is 0 Å². The highest BCUT2D eigenvalue weighted by Gasteiger charge is 2.27. The van der Waals surface area contributed by atoms with Gasteiger partial charge in [-0.15, -0.1) is 0 Å². The number of rotatable bonds is 13. The summed E-state index contributed by atoms with van der Waals surface area (Å²) in [5.74, 6) is -0.463. The number of carboxylic acids is 1. The van der Waals surface area contributed by atoms with Crippen molar-refractivity contribution in [2.24, 2.45) is 0 Å². The third kappa shape index (κ3) is 7.53. The first-order valence-corrected chi connectivity index (χ1v) is 18.0. The summed E-state index contributed by atoms with van der Waals surface area (Å²) in [5, 5.41) is 11.0. The molecule has 49 heavy (non-hydrogen) atoms. The Balaban J connectivity index is 1.44. The Kier molecular flexibility index (Phi) is 10.4. The van der Waals surface area contributed by atoms with E-state index in [1.807, 2.05) is 54.6 Å². The molecule has 5 aromatic carbocycles. The Hall–Kier alpha value is -4.60. The molecule has 6 aromatic rings. The van der Waals surface area contributed by atoms with Gasteiger partial charge in [0.1, 0.15) is 10.6 Å². The van der Waals surface area contributed by atoms with Crippen LogP contribution in [0.25, 0.3) is 10.9 Å². The summed E-state index contributed by atoms with van der Waals surface area (Å²) in [6.07, 6.45) is 0.834. The van der Waals surface area contributed by atoms with Gasteiger partial charge in [-0.2, -0.15) is 0 Å². The SMILES string of the molecule is Cc1cccc(Cl)c1S(=O)(=O)NCCc1c(CCOc2ccc(C(=O)O)cc2)c2cc(Cl)ccc2n1C(c1ccccc1)c1ccccc1. The number of fused-ring (bicyclic) bond motifs is 1. The van der Waals surface area contributed by atoms with Crippen molar-refractivity contribution in [3.63, 3.8) is 0 Å². The van der Waals surface area contributed by atoms with Crippen molar-refractivity contribution >= 4 is 50.1 Å². The summed E-state index contributed by atoms with van der Waals surface area (Å²) in [5.41, 5.74) is 5.72. The van der Waals surface area contributed by atoms with Gasteiger partial charge in [-0.05, 0) is 77.7 Å². The lowest BCUT2D eigenvalue weighted by molar-refractivity contribution is 0.0697. The van der Waals surface area contributed by atoms with E-state index in [0.29, 0.717) is 29.2 Å². The number of ether oxygens (including phenoxy) is 1. The predicted molar refractivity (Wildman–Crippen MR) is 195 cm³/mol. The van der Waals surface area contributed by atoms with Crippen molar-refractivity contribution in [3.05, 3.63) is 165 Å². The molecule has 0 aliphatic rings. The molecule has 1 heterocycles. The molecule has 0 aliphatic heterocycles. The van der Waals surface area contributed by atoms with Gasteiger partial charge in [0.15, 0.2) is 0 Å². The Labute approximate surface area is 295 Å². The zero-order valence-corrected chi connectivity index (χ0v) is 29.0. The van der Waals surface area contributed by atoms with Crippen LogP contribution >= 0.6 is 23.2 Å². The summed E-state index contributed by atoms with van der Waals surface area (Å²) in [4.78, 5) is 11.4. The Bertz CT molecular complexity index is 2140. The molecule has 2 N–H and O–H groups in total. The zero-order valence-electron chi connectivity index (χ0n) is 26.6. The highest BCUT2D eigenvalue weighted by Crippen LogP contribution is 2.38. The number of hydrogen-bond donors (Lipinski definition) is 2. The molecule has 0 saturated heterocycles. The van der Waals surface area contributed by atoms with Crippen molar-refractivity contribution in [2.45, 2.75) is 30.7 Å². The number of halogens is 2. The molecule has 6 rings (SSSR count). The van der Waals surface area contributed by atoms with E-state index in [0.717, 1.165) is 33.3 Å². The summed E-state index contributed by atoms with van der Waals surface area (Å²) < 4.78 is 38.3. The number of sulfonamides is 1. The van der Waals surface area contributed by atoms with E-state index in [4.69, 9.17) is 27.9 Å². The van der Waals surface area contributed by atoms with Crippen LogP contribution in [0, 0.1) is 6.92 Å². The summed E-state index contributed by atoms with van der Waals surface area (Å²) in [7, 11) is -3.92. The molecule has 0 bridgehead atoms. The maximum atomic E-state index is 13.5. The van der Waals surface area contributed by atoms with Crippen LogP contribution < -0.4 is 9.46 Å². The van der Waals surface area contributed by atoms with Crippen LogP contribution in [0.1, 0.15) is 44.3 Å². The number of hydrogen-bond acceptors (Lipinski definition) is 4. The fourth-order valence-electron chi connectivity index (χ4n) is 6.31. The second kappa shape index (κ2) is 14.9. The molecule has 0 atom stereocenters. The van der Waals surface area contributed by atoms with Gasteiger partial charge < -0.3 is 14.4 Å².